The van der Waals surface area contributed by atoms with Crippen LogP contribution in [-0.4, -0.2) is 44.4 Å². The SMILES string of the molecule is C=CCCCCCNc1ccc(C(=O)O)cc1S(=O)(=O)N(C)C. The molecule has 2 N–H and O–H groups in total. The van der Waals surface area contributed by atoms with Gasteiger partial charge >= 0.3 is 5.97 Å². The molecule has 1 rings (SSSR count). The predicted octanol–water partition coefficient (Wildman–Crippen LogP) is 2.79. The molecule has 0 atom stereocenters. The minimum atomic E-state index is -3.72. The molecule has 0 bridgehead atoms. The number of benzene rings is 1. The average Bonchev–Trinajstić information content (AvgIpc) is 2.50. The lowest BCUT2D eigenvalue weighted by Gasteiger charge is -2.17. The van der Waals surface area contributed by atoms with Crippen LogP contribution >= 0.6 is 0 Å². The number of nitrogens with one attached hydrogen (secondary N) is 1. The van der Waals surface area contributed by atoms with Gasteiger partial charge in [-0.3, -0.25) is 0 Å². The fourth-order valence-electron chi connectivity index (χ4n) is 2.03. The predicted molar refractivity (Wildman–Crippen MR) is 91.4 cm³/mol. The lowest BCUT2D eigenvalue weighted by atomic mass is 10.2. The molecule has 1 aromatic rings. The molecule has 1 aromatic carbocycles. The number of rotatable bonds is 10. The number of nitrogens with zero attached hydrogens (tertiary/aromatic N) is 1. The molecule has 0 amide bonds. The molecule has 0 unspecified atom stereocenters. The van der Waals surface area contributed by atoms with Crippen LogP contribution in [0.15, 0.2) is 35.7 Å². The number of carboxylic acid groups (broad SMARTS) is 1. The summed E-state index contributed by atoms with van der Waals surface area (Å²) in [6.07, 6.45) is 5.80. The Morgan fingerprint density at radius 1 is 1.30 bits per heavy atom. The number of hydrogen-bond acceptors (Lipinski definition) is 4. The number of carbonyl (C=O) groups is 1. The second kappa shape index (κ2) is 8.69. The van der Waals surface area contributed by atoms with Crippen LogP contribution < -0.4 is 5.32 Å². The van der Waals surface area contributed by atoms with E-state index in [1.165, 1.54) is 32.3 Å². The van der Waals surface area contributed by atoms with Crippen LogP contribution in [0.5, 0.6) is 0 Å². The topological polar surface area (TPSA) is 86.7 Å². The Morgan fingerprint density at radius 3 is 2.57 bits per heavy atom. The standard InChI is InChI=1S/C16H24N2O4S/c1-4-5-6-7-8-11-17-14-10-9-13(16(19)20)12-15(14)23(21,22)18(2)3/h4,9-10,12,17H,1,5-8,11H2,2-3H3,(H,19,20). The number of allylic oxidation sites excluding steroid dienone is 1. The Labute approximate surface area is 137 Å². The quantitative estimate of drug-likeness (QED) is 0.505. The zero-order valence-electron chi connectivity index (χ0n) is 13.6. The fourth-order valence-corrected chi connectivity index (χ4v) is 3.11. The Hall–Kier alpha value is -1.86. The van der Waals surface area contributed by atoms with E-state index in [0.29, 0.717) is 12.2 Å². The van der Waals surface area contributed by atoms with Crippen LogP contribution in [0, 0.1) is 0 Å². The summed E-state index contributed by atoms with van der Waals surface area (Å²) < 4.78 is 25.8. The summed E-state index contributed by atoms with van der Waals surface area (Å²) in [5.41, 5.74) is 0.370. The molecule has 0 aliphatic heterocycles. The third kappa shape index (κ3) is 5.37. The number of anilines is 1. The summed E-state index contributed by atoms with van der Waals surface area (Å²) in [5.74, 6) is -1.16. The first-order chi connectivity index (χ1) is 10.8. The molecule has 0 spiro atoms. The van der Waals surface area contributed by atoms with Gasteiger partial charge in [0.05, 0.1) is 11.3 Å². The van der Waals surface area contributed by atoms with Crippen LogP contribution in [0.1, 0.15) is 36.0 Å². The number of aromatic carboxylic acids is 1. The zero-order valence-corrected chi connectivity index (χ0v) is 14.4. The van der Waals surface area contributed by atoms with Crippen LogP contribution in [-0.2, 0) is 10.0 Å². The maximum absolute atomic E-state index is 12.4. The van der Waals surface area contributed by atoms with Crippen LogP contribution in [0.3, 0.4) is 0 Å². The molecule has 0 aromatic heterocycles. The van der Waals surface area contributed by atoms with Gasteiger partial charge in [-0.05, 0) is 37.5 Å². The van der Waals surface area contributed by atoms with Gasteiger partial charge in [0.1, 0.15) is 4.90 Å². The molecule has 0 saturated carbocycles. The highest BCUT2D eigenvalue weighted by molar-refractivity contribution is 7.89. The molecule has 0 radical (unpaired) electrons. The van der Waals surface area contributed by atoms with Gasteiger partial charge in [0, 0.05) is 20.6 Å². The minimum Gasteiger partial charge on any atom is -0.478 e. The van der Waals surface area contributed by atoms with Crippen molar-refractivity contribution in [3.8, 4) is 0 Å². The average molecular weight is 340 g/mol. The molecule has 0 fully saturated rings. The van der Waals surface area contributed by atoms with Crippen molar-refractivity contribution in [3.05, 3.63) is 36.4 Å². The van der Waals surface area contributed by atoms with E-state index in [1.807, 2.05) is 6.08 Å². The van der Waals surface area contributed by atoms with Crippen molar-refractivity contribution >= 4 is 21.7 Å². The first-order valence-corrected chi connectivity index (χ1v) is 8.89. The van der Waals surface area contributed by atoms with E-state index >= 15 is 0 Å². The third-order valence-electron chi connectivity index (χ3n) is 3.39. The largest absolute Gasteiger partial charge is 0.478 e. The van der Waals surface area contributed by atoms with Crippen LogP contribution in [0.25, 0.3) is 0 Å². The molecule has 0 aliphatic rings. The van der Waals surface area contributed by atoms with E-state index in [1.54, 1.807) is 0 Å². The van der Waals surface area contributed by atoms with Gasteiger partial charge in [0.15, 0.2) is 0 Å². The highest BCUT2D eigenvalue weighted by Crippen LogP contribution is 2.25. The van der Waals surface area contributed by atoms with Gasteiger partial charge in [-0.2, -0.15) is 0 Å². The lowest BCUT2D eigenvalue weighted by molar-refractivity contribution is 0.0696. The van der Waals surface area contributed by atoms with E-state index in [9.17, 15) is 13.2 Å². The van der Waals surface area contributed by atoms with Crippen molar-refractivity contribution in [2.75, 3.05) is 26.0 Å². The van der Waals surface area contributed by atoms with Gasteiger partial charge in [-0.15, -0.1) is 6.58 Å². The second-order valence-electron chi connectivity index (χ2n) is 5.37. The van der Waals surface area contributed by atoms with Crippen molar-refractivity contribution in [3.63, 3.8) is 0 Å². The Bertz CT molecular complexity index is 654. The van der Waals surface area contributed by atoms with E-state index in [0.717, 1.165) is 30.0 Å². The van der Waals surface area contributed by atoms with Gasteiger partial charge in [0.2, 0.25) is 10.0 Å². The van der Waals surface area contributed by atoms with Crippen molar-refractivity contribution in [2.45, 2.75) is 30.6 Å². The highest BCUT2D eigenvalue weighted by Gasteiger charge is 2.23. The summed E-state index contributed by atoms with van der Waals surface area (Å²) in [4.78, 5) is 11.1. The molecule has 0 heterocycles. The molecule has 0 aliphatic carbocycles. The Morgan fingerprint density at radius 2 is 2.00 bits per heavy atom. The number of hydrogen-bond donors (Lipinski definition) is 2. The second-order valence-corrected chi connectivity index (χ2v) is 7.49. The molecule has 7 heteroatoms. The van der Waals surface area contributed by atoms with Crippen molar-refractivity contribution in [1.29, 1.82) is 0 Å². The maximum Gasteiger partial charge on any atom is 0.335 e. The molecule has 128 valence electrons. The first kappa shape index (κ1) is 19.2. The summed E-state index contributed by atoms with van der Waals surface area (Å²) in [5, 5.41) is 12.2. The molecule has 6 nitrogen and oxygen atoms in total. The highest BCUT2D eigenvalue weighted by atomic mass is 32.2. The monoisotopic (exact) mass is 340 g/mol. The smallest absolute Gasteiger partial charge is 0.335 e. The number of unbranched alkanes of at least 4 members (excludes halogenated alkanes) is 3. The van der Waals surface area contributed by atoms with E-state index in [2.05, 4.69) is 11.9 Å². The summed E-state index contributed by atoms with van der Waals surface area (Å²) >= 11 is 0. The molecule has 23 heavy (non-hydrogen) atoms. The summed E-state index contributed by atoms with van der Waals surface area (Å²) in [7, 11) is -0.884. The third-order valence-corrected chi connectivity index (χ3v) is 5.24. The van der Waals surface area contributed by atoms with Crippen LogP contribution in [0.2, 0.25) is 0 Å². The zero-order chi connectivity index (χ0) is 17.5. The molecule has 0 saturated heterocycles. The minimum absolute atomic E-state index is 0.0199. The summed E-state index contributed by atoms with van der Waals surface area (Å²) in [6, 6.07) is 4.10. The van der Waals surface area contributed by atoms with Gasteiger partial charge in [0.25, 0.3) is 0 Å². The van der Waals surface area contributed by atoms with E-state index in [-0.39, 0.29) is 10.5 Å². The molecular formula is C16H24N2O4S. The fraction of sp³-hybridized carbons (Fsp3) is 0.438. The Kier molecular flexibility index (Phi) is 7.25. The lowest BCUT2D eigenvalue weighted by Crippen LogP contribution is -2.24. The van der Waals surface area contributed by atoms with Crippen molar-refractivity contribution in [1.82, 2.24) is 4.31 Å². The molecular weight excluding hydrogens is 316 g/mol. The Balaban J connectivity index is 2.94. The van der Waals surface area contributed by atoms with E-state index < -0.39 is 16.0 Å². The first-order valence-electron chi connectivity index (χ1n) is 7.45. The normalized spacial score (nSPS) is 11.4. The van der Waals surface area contributed by atoms with Crippen LogP contribution in [0.4, 0.5) is 5.69 Å². The van der Waals surface area contributed by atoms with Gasteiger partial charge in [-0.25, -0.2) is 17.5 Å². The summed E-state index contributed by atoms with van der Waals surface area (Å²) in [6.45, 7) is 4.29. The number of carboxylic acids is 1. The van der Waals surface area contributed by atoms with E-state index in [4.69, 9.17) is 5.11 Å². The van der Waals surface area contributed by atoms with Crippen molar-refractivity contribution < 1.29 is 18.3 Å². The number of sulfonamides is 1. The van der Waals surface area contributed by atoms with Crippen molar-refractivity contribution in [2.24, 2.45) is 0 Å². The van der Waals surface area contributed by atoms with Gasteiger partial charge in [-0.1, -0.05) is 12.5 Å². The van der Waals surface area contributed by atoms with Gasteiger partial charge < -0.3 is 10.4 Å². The maximum atomic E-state index is 12.4.